The second-order valence-corrected chi connectivity index (χ2v) is 6.28. The van der Waals surface area contributed by atoms with Crippen LogP contribution in [0.4, 0.5) is 4.79 Å². The Bertz CT molecular complexity index is 561. The summed E-state index contributed by atoms with van der Waals surface area (Å²) >= 11 is 3.51. The highest BCUT2D eigenvalue weighted by atomic mass is 79.9. The number of carbonyl (C=O) groups is 1. The zero-order valence-corrected chi connectivity index (χ0v) is 12.9. The van der Waals surface area contributed by atoms with E-state index in [1.54, 1.807) is 4.90 Å². The summed E-state index contributed by atoms with van der Waals surface area (Å²) in [5, 5.41) is 3.07. The molecule has 0 aromatic heterocycles. The van der Waals surface area contributed by atoms with Gasteiger partial charge in [0.15, 0.2) is 5.72 Å². The van der Waals surface area contributed by atoms with E-state index in [2.05, 4.69) is 21.2 Å². The lowest BCUT2D eigenvalue weighted by atomic mass is 9.89. The summed E-state index contributed by atoms with van der Waals surface area (Å²) in [7, 11) is 0. The first-order valence-corrected chi connectivity index (χ1v) is 7.31. The Morgan fingerprint density at radius 3 is 3.00 bits per heavy atom. The maximum absolute atomic E-state index is 12.1. The Kier molecular flexibility index (Phi) is 2.78. The highest BCUT2D eigenvalue weighted by Crippen LogP contribution is 2.46. The molecule has 1 fully saturated rings. The van der Waals surface area contributed by atoms with Crippen molar-refractivity contribution in [1.29, 1.82) is 0 Å². The van der Waals surface area contributed by atoms with E-state index in [0.717, 1.165) is 27.8 Å². The Balaban J connectivity index is 2.13. The van der Waals surface area contributed by atoms with Crippen molar-refractivity contribution in [1.82, 2.24) is 10.2 Å². The van der Waals surface area contributed by atoms with Crippen LogP contribution in [-0.2, 0) is 0 Å². The third kappa shape index (κ3) is 1.83. The number of carbonyl (C=O) groups excluding carboxylic acids is 1. The van der Waals surface area contributed by atoms with Crippen LogP contribution < -0.4 is 10.1 Å². The lowest BCUT2D eigenvalue weighted by Gasteiger charge is -2.50. The average Bonchev–Trinajstić information content (AvgIpc) is 2.31. The molecule has 2 unspecified atom stereocenters. The topological polar surface area (TPSA) is 41.6 Å². The van der Waals surface area contributed by atoms with Crippen molar-refractivity contribution >= 4 is 22.0 Å². The van der Waals surface area contributed by atoms with E-state index in [-0.39, 0.29) is 12.1 Å². The van der Waals surface area contributed by atoms with Gasteiger partial charge < -0.3 is 10.1 Å². The van der Waals surface area contributed by atoms with Gasteiger partial charge in [0.25, 0.3) is 0 Å². The fourth-order valence-electron chi connectivity index (χ4n) is 3.12. The Labute approximate surface area is 121 Å². The van der Waals surface area contributed by atoms with Gasteiger partial charge in [-0.3, -0.25) is 4.90 Å². The van der Waals surface area contributed by atoms with E-state index in [4.69, 9.17) is 4.74 Å². The molecule has 2 heterocycles. The normalized spacial score (nSPS) is 28.5. The first kappa shape index (κ1) is 12.8. The second-order valence-electron chi connectivity index (χ2n) is 5.37. The quantitative estimate of drug-likeness (QED) is 0.860. The molecular weight excluding hydrogens is 308 g/mol. The molecule has 5 heteroatoms. The SMILES string of the molecule is CCN1C(=O)NC2CC1(C)Oc1c(C)cc(Br)cc12. The minimum Gasteiger partial charge on any atom is -0.467 e. The molecule has 3 rings (SSSR count). The molecule has 1 N–H and O–H groups in total. The molecule has 19 heavy (non-hydrogen) atoms. The van der Waals surface area contributed by atoms with Crippen molar-refractivity contribution in [3.8, 4) is 5.75 Å². The number of nitrogens with one attached hydrogen (secondary N) is 1. The predicted molar refractivity (Wildman–Crippen MR) is 76.2 cm³/mol. The van der Waals surface area contributed by atoms with Gasteiger partial charge in [0.1, 0.15) is 5.75 Å². The third-order valence-electron chi connectivity index (χ3n) is 3.98. The Morgan fingerprint density at radius 1 is 1.58 bits per heavy atom. The lowest BCUT2D eigenvalue weighted by Crippen LogP contribution is -2.64. The number of amides is 2. The van der Waals surface area contributed by atoms with E-state index in [1.165, 1.54) is 0 Å². The molecule has 2 atom stereocenters. The molecule has 4 nitrogen and oxygen atoms in total. The van der Waals surface area contributed by atoms with Crippen molar-refractivity contribution in [2.24, 2.45) is 0 Å². The second kappa shape index (κ2) is 4.13. The summed E-state index contributed by atoms with van der Waals surface area (Å²) < 4.78 is 7.21. The molecule has 0 spiro atoms. The molecule has 1 saturated heterocycles. The number of rotatable bonds is 1. The summed E-state index contributed by atoms with van der Waals surface area (Å²) in [5.74, 6) is 0.903. The molecule has 1 aromatic carbocycles. The van der Waals surface area contributed by atoms with Gasteiger partial charge in [-0.1, -0.05) is 15.9 Å². The van der Waals surface area contributed by atoms with Crippen molar-refractivity contribution in [3.05, 3.63) is 27.7 Å². The van der Waals surface area contributed by atoms with Gasteiger partial charge in [0.05, 0.1) is 6.04 Å². The number of ether oxygens (including phenoxy) is 1. The van der Waals surface area contributed by atoms with Gasteiger partial charge in [0.2, 0.25) is 0 Å². The standard InChI is InChI=1S/C14H17BrN2O2/c1-4-17-13(18)16-11-7-14(17,3)19-12-8(2)5-9(15)6-10(11)12/h5-6,11H,4,7H2,1-3H3,(H,16,18). The Morgan fingerprint density at radius 2 is 2.32 bits per heavy atom. The van der Waals surface area contributed by atoms with Crippen LogP contribution in [0.25, 0.3) is 0 Å². The van der Waals surface area contributed by atoms with Gasteiger partial charge in [-0.15, -0.1) is 0 Å². The number of hydrogen-bond acceptors (Lipinski definition) is 2. The fourth-order valence-corrected chi connectivity index (χ4v) is 3.71. The van der Waals surface area contributed by atoms with Crippen LogP contribution in [0.1, 0.15) is 37.4 Å². The van der Waals surface area contributed by atoms with Gasteiger partial charge in [0, 0.05) is 23.0 Å². The number of urea groups is 1. The maximum atomic E-state index is 12.1. The van der Waals surface area contributed by atoms with Crippen molar-refractivity contribution in [2.75, 3.05) is 6.54 Å². The average molecular weight is 325 g/mol. The first-order chi connectivity index (χ1) is 8.94. The van der Waals surface area contributed by atoms with E-state index in [9.17, 15) is 4.79 Å². The zero-order valence-electron chi connectivity index (χ0n) is 11.3. The fraction of sp³-hybridized carbons (Fsp3) is 0.500. The minimum atomic E-state index is -0.548. The number of halogens is 1. The summed E-state index contributed by atoms with van der Waals surface area (Å²) in [4.78, 5) is 13.9. The number of nitrogens with zero attached hydrogens (tertiary/aromatic N) is 1. The zero-order chi connectivity index (χ0) is 13.8. The van der Waals surface area contributed by atoms with Crippen LogP contribution in [0.5, 0.6) is 5.75 Å². The van der Waals surface area contributed by atoms with Crippen LogP contribution >= 0.6 is 15.9 Å². The summed E-state index contributed by atoms with van der Waals surface area (Å²) in [6.07, 6.45) is 0.773. The van der Waals surface area contributed by atoms with E-state index in [1.807, 2.05) is 32.9 Å². The van der Waals surface area contributed by atoms with Crippen LogP contribution in [0.3, 0.4) is 0 Å². The number of aryl methyl sites for hydroxylation is 1. The van der Waals surface area contributed by atoms with Crippen LogP contribution in [0, 0.1) is 6.92 Å². The monoisotopic (exact) mass is 324 g/mol. The third-order valence-corrected chi connectivity index (χ3v) is 4.44. The maximum Gasteiger partial charge on any atom is 0.320 e. The molecule has 102 valence electrons. The van der Waals surface area contributed by atoms with Gasteiger partial charge in [-0.2, -0.15) is 0 Å². The van der Waals surface area contributed by atoms with Crippen LogP contribution in [0.2, 0.25) is 0 Å². The smallest absolute Gasteiger partial charge is 0.320 e. The van der Waals surface area contributed by atoms with Crippen LogP contribution in [-0.4, -0.2) is 23.2 Å². The van der Waals surface area contributed by atoms with Crippen molar-refractivity contribution in [2.45, 2.75) is 39.0 Å². The van der Waals surface area contributed by atoms with Gasteiger partial charge >= 0.3 is 6.03 Å². The van der Waals surface area contributed by atoms with E-state index in [0.29, 0.717) is 6.54 Å². The molecular formula is C14H17BrN2O2. The van der Waals surface area contributed by atoms with Crippen LogP contribution in [0.15, 0.2) is 16.6 Å². The first-order valence-electron chi connectivity index (χ1n) is 6.52. The van der Waals surface area contributed by atoms with E-state index < -0.39 is 5.72 Å². The molecule has 2 aliphatic heterocycles. The number of hydrogen-bond donors (Lipinski definition) is 1. The molecule has 2 aliphatic rings. The molecule has 1 aromatic rings. The minimum absolute atomic E-state index is 0.0280. The highest BCUT2D eigenvalue weighted by Gasteiger charge is 2.48. The highest BCUT2D eigenvalue weighted by molar-refractivity contribution is 9.10. The molecule has 0 aliphatic carbocycles. The molecule has 2 bridgehead atoms. The van der Waals surface area contributed by atoms with Crippen molar-refractivity contribution < 1.29 is 9.53 Å². The Hall–Kier alpha value is -1.23. The molecule has 0 radical (unpaired) electrons. The summed E-state index contributed by atoms with van der Waals surface area (Å²) in [6.45, 7) is 6.64. The summed E-state index contributed by atoms with van der Waals surface area (Å²) in [6, 6.07) is 4.06. The van der Waals surface area contributed by atoms with E-state index >= 15 is 0 Å². The predicted octanol–water partition coefficient (Wildman–Crippen LogP) is 3.34. The van der Waals surface area contributed by atoms with Gasteiger partial charge in [-0.05, 0) is 38.5 Å². The largest absolute Gasteiger partial charge is 0.467 e. The molecule has 0 saturated carbocycles. The van der Waals surface area contributed by atoms with Crippen molar-refractivity contribution in [3.63, 3.8) is 0 Å². The number of benzene rings is 1. The summed E-state index contributed by atoms with van der Waals surface area (Å²) in [5.41, 5.74) is 1.61. The molecule has 2 amide bonds. The lowest BCUT2D eigenvalue weighted by molar-refractivity contribution is -0.0820. The number of fused-ring (bicyclic) bond motifs is 4. The van der Waals surface area contributed by atoms with Gasteiger partial charge in [-0.25, -0.2) is 4.79 Å².